The van der Waals surface area contributed by atoms with Crippen molar-refractivity contribution >= 4 is 40.6 Å². The van der Waals surface area contributed by atoms with Crippen molar-refractivity contribution in [2.75, 3.05) is 11.6 Å². The van der Waals surface area contributed by atoms with Gasteiger partial charge in [0.15, 0.2) is 0 Å². The third-order valence-corrected chi connectivity index (χ3v) is 2.76. The Hall–Kier alpha value is -1.07. The Kier molecular flexibility index (Phi) is 4.58. The highest BCUT2D eigenvalue weighted by atomic mass is 32.2. The molecule has 0 spiro atoms. The molecule has 1 amide bonds. The second kappa shape index (κ2) is 5.72. The van der Waals surface area contributed by atoms with Crippen molar-refractivity contribution in [3.05, 3.63) is 24.3 Å². The van der Waals surface area contributed by atoms with Gasteiger partial charge in [0.1, 0.15) is 0 Å². The Morgan fingerprint density at radius 3 is 2.80 bits per heavy atom. The van der Waals surface area contributed by atoms with Crippen molar-refractivity contribution in [3.63, 3.8) is 0 Å². The highest BCUT2D eigenvalue weighted by Gasteiger charge is 2.04. The van der Waals surface area contributed by atoms with Crippen molar-refractivity contribution in [2.24, 2.45) is 5.73 Å². The van der Waals surface area contributed by atoms with Gasteiger partial charge in [0, 0.05) is 4.90 Å². The Bertz CT molecular complexity index is 379. The fourth-order valence-electron chi connectivity index (χ4n) is 1.10. The third-order valence-electron chi connectivity index (χ3n) is 1.72. The molecule has 0 aliphatic heterocycles. The number of carbonyl (C=O) groups is 1. The molecule has 0 radical (unpaired) electrons. The van der Waals surface area contributed by atoms with Gasteiger partial charge in [0.2, 0.25) is 5.91 Å². The van der Waals surface area contributed by atoms with E-state index in [9.17, 15) is 4.79 Å². The van der Waals surface area contributed by atoms with E-state index in [0.717, 1.165) is 10.6 Å². The van der Waals surface area contributed by atoms with Gasteiger partial charge >= 0.3 is 0 Å². The van der Waals surface area contributed by atoms with Crippen LogP contribution in [0.3, 0.4) is 0 Å². The van der Waals surface area contributed by atoms with Crippen LogP contribution in [0, 0.1) is 0 Å². The van der Waals surface area contributed by atoms with Crippen LogP contribution >= 0.6 is 24.0 Å². The first-order valence-corrected chi connectivity index (χ1v) is 5.98. The molecule has 0 fully saturated rings. The summed E-state index contributed by atoms with van der Waals surface area (Å²) >= 11 is 6.62. The Morgan fingerprint density at radius 2 is 2.20 bits per heavy atom. The fourth-order valence-corrected chi connectivity index (χ4v) is 1.91. The molecule has 0 unspecified atom stereocenters. The van der Waals surface area contributed by atoms with Crippen LogP contribution in [0.15, 0.2) is 29.2 Å². The average Bonchev–Trinajstić information content (AvgIpc) is 2.17. The molecule has 1 aromatic rings. The topological polar surface area (TPSA) is 55.1 Å². The molecule has 80 valence electrons. The van der Waals surface area contributed by atoms with E-state index >= 15 is 0 Å². The van der Waals surface area contributed by atoms with E-state index in [2.05, 4.69) is 5.32 Å². The number of carbonyl (C=O) groups excluding carboxylic acids is 1. The number of hydrogen-bond donors (Lipinski definition) is 2. The molecule has 5 heteroatoms. The molecule has 0 bridgehead atoms. The average molecular weight is 240 g/mol. The monoisotopic (exact) mass is 240 g/mol. The predicted octanol–water partition coefficient (Wildman–Crippen LogP) is 2.02. The molecule has 0 aromatic heterocycles. The van der Waals surface area contributed by atoms with Crippen LogP contribution in [0.5, 0.6) is 0 Å². The van der Waals surface area contributed by atoms with Gasteiger partial charge in [-0.3, -0.25) is 4.79 Å². The largest absolute Gasteiger partial charge is 0.369 e. The van der Waals surface area contributed by atoms with Crippen molar-refractivity contribution in [2.45, 2.75) is 11.3 Å². The zero-order valence-corrected chi connectivity index (χ0v) is 9.95. The zero-order valence-electron chi connectivity index (χ0n) is 8.32. The molecule has 0 aliphatic rings. The standard InChI is InChI=1S/C10H12N2OS2/c1-15-8-5-3-2-4-7(8)12-10(14)6-9(11)13/h2-5H,6H2,1H3,(H2,11,13)(H,12,14). The van der Waals surface area contributed by atoms with Crippen LogP contribution in [0.2, 0.25) is 0 Å². The minimum atomic E-state index is -0.422. The molecular formula is C10H12N2OS2. The lowest BCUT2D eigenvalue weighted by atomic mass is 10.3. The summed E-state index contributed by atoms with van der Waals surface area (Å²) in [7, 11) is 0. The van der Waals surface area contributed by atoms with Crippen LogP contribution in [0.25, 0.3) is 0 Å². The Labute approximate surface area is 98.4 Å². The van der Waals surface area contributed by atoms with E-state index in [-0.39, 0.29) is 6.42 Å². The normalized spacial score (nSPS) is 9.67. The van der Waals surface area contributed by atoms with E-state index in [1.54, 1.807) is 11.8 Å². The second-order valence-electron chi connectivity index (χ2n) is 2.89. The van der Waals surface area contributed by atoms with Gasteiger partial charge in [-0.1, -0.05) is 24.4 Å². The minimum Gasteiger partial charge on any atom is -0.369 e. The van der Waals surface area contributed by atoms with Gasteiger partial charge in [-0.25, -0.2) is 0 Å². The van der Waals surface area contributed by atoms with E-state index in [0.29, 0.717) is 4.99 Å². The molecule has 0 heterocycles. The smallest absolute Gasteiger partial charge is 0.224 e. The number of thiocarbonyl (C=S) groups is 1. The maximum absolute atomic E-state index is 10.6. The number of hydrogen-bond acceptors (Lipinski definition) is 3. The molecule has 3 nitrogen and oxygen atoms in total. The van der Waals surface area contributed by atoms with Gasteiger partial charge < -0.3 is 11.1 Å². The summed E-state index contributed by atoms with van der Waals surface area (Å²) in [5.41, 5.74) is 5.96. The summed E-state index contributed by atoms with van der Waals surface area (Å²) in [6.07, 6.45) is 2.07. The van der Waals surface area contributed by atoms with Crippen LogP contribution in [0.4, 0.5) is 5.69 Å². The van der Waals surface area contributed by atoms with Gasteiger partial charge in [-0.15, -0.1) is 11.8 Å². The number of nitrogens with one attached hydrogen (secondary N) is 1. The lowest BCUT2D eigenvalue weighted by Gasteiger charge is -2.09. The third kappa shape index (κ3) is 3.89. The summed E-state index contributed by atoms with van der Waals surface area (Å²) in [5.74, 6) is -0.422. The maximum Gasteiger partial charge on any atom is 0.224 e. The first-order chi connectivity index (χ1) is 7.13. The summed E-state index contributed by atoms with van der Waals surface area (Å²) in [6.45, 7) is 0. The zero-order chi connectivity index (χ0) is 11.3. The molecule has 1 aromatic carbocycles. The number of rotatable bonds is 4. The van der Waals surface area contributed by atoms with Crippen molar-refractivity contribution < 1.29 is 4.79 Å². The summed E-state index contributed by atoms with van der Waals surface area (Å²) in [4.78, 5) is 12.2. The number of anilines is 1. The molecule has 3 N–H and O–H groups in total. The Balaban J connectivity index is 2.71. The molecular weight excluding hydrogens is 228 g/mol. The van der Waals surface area contributed by atoms with Crippen molar-refractivity contribution in [3.8, 4) is 0 Å². The van der Waals surface area contributed by atoms with E-state index < -0.39 is 5.91 Å². The van der Waals surface area contributed by atoms with Gasteiger partial charge in [0.25, 0.3) is 0 Å². The SMILES string of the molecule is CSc1ccccc1NC(=S)CC(N)=O. The van der Waals surface area contributed by atoms with Crippen LogP contribution in [0.1, 0.15) is 6.42 Å². The van der Waals surface area contributed by atoms with Crippen molar-refractivity contribution in [1.82, 2.24) is 0 Å². The molecule has 0 aliphatic carbocycles. The van der Waals surface area contributed by atoms with Crippen LogP contribution < -0.4 is 11.1 Å². The number of nitrogens with two attached hydrogens (primary N) is 1. The second-order valence-corrected chi connectivity index (χ2v) is 4.23. The lowest BCUT2D eigenvalue weighted by Crippen LogP contribution is -2.20. The van der Waals surface area contributed by atoms with Crippen LogP contribution in [-0.2, 0) is 4.79 Å². The fraction of sp³-hybridized carbons (Fsp3) is 0.200. The first kappa shape index (κ1) is 12.0. The highest BCUT2D eigenvalue weighted by molar-refractivity contribution is 7.98. The molecule has 15 heavy (non-hydrogen) atoms. The summed E-state index contributed by atoms with van der Waals surface area (Å²) < 4.78 is 0. The van der Waals surface area contributed by atoms with Crippen LogP contribution in [-0.4, -0.2) is 17.2 Å². The number of benzene rings is 1. The summed E-state index contributed by atoms with van der Waals surface area (Å²) in [6, 6.07) is 7.77. The summed E-state index contributed by atoms with van der Waals surface area (Å²) in [5, 5.41) is 3.00. The number of thioether (sulfide) groups is 1. The number of para-hydroxylation sites is 1. The maximum atomic E-state index is 10.6. The lowest BCUT2D eigenvalue weighted by molar-refractivity contribution is -0.116. The highest BCUT2D eigenvalue weighted by Crippen LogP contribution is 2.24. The van der Waals surface area contributed by atoms with Gasteiger partial charge in [-0.2, -0.15) is 0 Å². The first-order valence-electron chi connectivity index (χ1n) is 4.34. The van der Waals surface area contributed by atoms with Crippen molar-refractivity contribution in [1.29, 1.82) is 0 Å². The van der Waals surface area contributed by atoms with E-state index in [1.165, 1.54) is 0 Å². The molecule has 0 saturated carbocycles. The molecule has 0 atom stereocenters. The molecule has 1 rings (SSSR count). The Morgan fingerprint density at radius 1 is 1.53 bits per heavy atom. The van der Waals surface area contributed by atoms with Gasteiger partial charge in [-0.05, 0) is 18.4 Å². The predicted molar refractivity (Wildman–Crippen MR) is 68.3 cm³/mol. The molecule has 0 saturated heterocycles. The van der Waals surface area contributed by atoms with Gasteiger partial charge in [0.05, 0.1) is 17.1 Å². The minimum absolute atomic E-state index is 0.0814. The number of amides is 1. The number of primary amides is 1. The quantitative estimate of drug-likeness (QED) is 0.624. The van der Waals surface area contributed by atoms with E-state index in [4.69, 9.17) is 18.0 Å². The van der Waals surface area contributed by atoms with E-state index in [1.807, 2.05) is 30.5 Å².